The van der Waals surface area contributed by atoms with Gasteiger partial charge in [0.05, 0.1) is 11.6 Å². The molecule has 7 heteroatoms. The van der Waals surface area contributed by atoms with Crippen LogP contribution in [0.15, 0.2) is 41.4 Å². The minimum Gasteiger partial charge on any atom is -0.352 e. The molecule has 0 aliphatic rings. The zero-order valence-corrected chi connectivity index (χ0v) is 16.3. The molecule has 0 saturated heterocycles. The standard InChI is InChI=1S/C15H18Cl2N4.HI/c1-18-15(19-9-11-6-4-3-5-7-11)20-10-12-8-13(16)14(17)21(12)2;/h3-8H,9-10H2,1-2H3,(H2,18,19,20);1H. The normalized spacial score (nSPS) is 11.0. The number of nitrogens with one attached hydrogen (secondary N) is 2. The third-order valence-electron chi connectivity index (χ3n) is 3.18. The smallest absolute Gasteiger partial charge is 0.191 e. The van der Waals surface area contributed by atoms with E-state index in [1.165, 1.54) is 5.56 Å². The fourth-order valence-electron chi connectivity index (χ4n) is 1.94. The van der Waals surface area contributed by atoms with E-state index in [1.807, 2.05) is 35.9 Å². The molecule has 1 heterocycles. The van der Waals surface area contributed by atoms with Gasteiger partial charge in [-0.2, -0.15) is 0 Å². The molecule has 0 fully saturated rings. The number of halogens is 3. The van der Waals surface area contributed by atoms with Gasteiger partial charge in [0.15, 0.2) is 5.96 Å². The van der Waals surface area contributed by atoms with Crippen molar-refractivity contribution in [1.82, 2.24) is 15.2 Å². The lowest BCUT2D eigenvalue weighted by Crippen LogP contribution is -2.36. The Bertz CT molecular complexity index is 626. The predicted octanol–water partition coefficient (Wildman–Crippen LogP) is 3.82. The highest BCUT2D eigenvalue weighted by molar-refractivity contribution is 14.0. The summed E-state index contributed by atoms with van der Waals surface area (Å²) in [5.74, 6) is 0.729. The number of guanidine groups is 1. The van der Waals surface area contributed by atoms with Gasteiger partial charge in [0.2, 0.25) is 0 Å². The molecule has 0 spiro atoms. The Morgan fingerprint density at radius 3 is 2.32 bits per heavy atom. The van der Waals surface area contributed by atoms with Crippen LogP contribution in [0.3, 0.4) is 0 Å². The fraction of sp³-hybridized carbons (Fsp3) is 0.267. The molecule has 0 unspecified atom stereocenters. The highest BCUT2D eigenvalue weighted by atomic mass is 127. The van der Waals surface area contributed by atoms with E-state index < -0.39 is 0 Å². The molecule has 0 aliphatic heterocycles. The molecule has 0 saturated carbocycles. The van der Waals surface area contributed by atoms with E-state index in [2.05, 4.69) is 27.8 Å². The topological polar surface area (TPSA) is 41.4 Å². The summed E-state index contributed by atoms with van der Waals surface area (Å²) in [5.41, 5.74) is 2.19. The molecule has 4 nitrogen and oxygen atoms in total. The summed E-state index contributed by atoms with van der Waals surface area (Å²) in [6.45, 7) is 1.31. The van der Waals surface area contributed by atoms with E-state index in [-0.39, 0.29) is 24.0 Å². The first-order valence-electron chi connectivity index (χ1n) is 6.60. The Labute approximate surface area is 157 Å². The summed E-state index contributed by atoms with van der Waals surface area (Å²) >= 11 is 12.0. The molecule has 0 amide bonds. The third-order valence-corrected chi connectivity index (χ3v) is 4.02. The lowest BCUT2D eigenvalue weighted by molar-refractivity contribution is 0.750. The number of benzene rings is 1. The van der Waals surface area contributed by atoms with Crippen LogP contribution in [0.5, 0.6) is 0 Å². The van der Waals surface area contributed by atoms with Gasteiger partial charge in [-0.3, -0.25) is 4.99 Å². The van der Waals surface area contributed by atoms with Crippen molar-refractivity contribution in [2.45, 2.75) is 13.1 Å². The Balaban J connectivity index is 0.00000242. The summed E-state index contributed by atoms with van der Waals surface area (Å²) in [6.07, 6.45) is 0. The molecule has 1 aromatic carbocycles. The van der Waals surface area contributed by atoms with Crippen molar-refractivity contribution in [1.29, 1.82) is 0 Å². The number of aliphatic imine (C=N–C) groups is 1. The van der Waals surface area contributed by atoms with Gasteiger partial charge in [-0.1, -0.05) is 53.5 Å². The Hall–Kier alpha value is -0.920. The van der Waals surface area contributed by atoms with E-state index >= 15 is 0 Å². The maximum absolute atomic E-state index is 6.05. The van der Waals surface area contributed by atoms with Crippen molar-refractivity contribution >= 4 is 53.1 Å². The molecule has 2 N–H and O–H groups in total. The lowest BCUT2D eigenvalue weighted by Gasteiger charge is -2.12. The first-order valence-corrected chi connectivity index (χ1v) is 7.35. The number of nitrogens with zero attached hydrogens (tertiary/aromatic N) is 2. The quantitative estimate of drug-likeness (QED) is 0.420. The van der Waals surface area contributed by atoms with Gasteiger partial charge in [0, 0.05) is 26.3 Å². The monoisotopic (exact) mass is 452 g/mol. The van der Waals surface area contributed by atoms with Gasteiger partial charge in [-0.25, -0.2) is 0 Å². The van der Waals surface area contributed by atoms with Gasteiger partial charge in [0.25, 0.3) is 0 Å². The van der Waals surface area contributed by atoms with Crippen molar-refractivity contribution in [2.75, 3.05) is 7.05 Å². The number of aromatic nitrogens is 1. The van der Waals surface area contributed by atoms with E-state index in [0.717, 1.165) is 18.2 Å². The molecule has 2 rings (SSSR count). The van der Waals surface area contributed by atoms with Crippen LogP contribution >= 0.6 is 47.2 Å². The average Bonchev–Trinajstić information content (AvgIpc) is 2.76. The molecule has 120 valence electrons. The summed E-state index contributed by atoms with van der Waals surface area (Å²) in [5, 5.41) is 7.60. The first-order chi connectivity index (χ1) is 10.1. The van der Waals surface area contributed by atoms with Crippen LogP contribution in [-0.2, 0) is 20.1 Å². The van der Waals surface area contributed by atoms with E-state index in [0.29, 0.717) is 16.7 Å². The van der Waals surface area contributed by atoms with Crippen LogP contribution in [-0.4, -0.2) is 17.6 Å². The van der Waals surface area contributed by atoms with Crippen molar-refractivity contribution in [3.8, 4) is 0 Å². The number of rotatable bonds is 4. The van der Waals surface area contributed by atoms with E-state index in [1.54, 1.807) is 7.05 Å². The summed E-state index contributed by atoms with van der Waals surface area (Å²) < 4.78 is 1.85. The molecular formula is C15H19Cl2IN4. The van der Waals surface area contributed by atoms with Gasteiger partial charge in [-0.05, 0) is 11.6 Å². The molecule has 22 heavy (non-hydrogen) atoms. The van der Waals surface area contributed by atoms with Crippen LogP contribution in [0.4, 0.5) is 0 Å². The minimum atomic E-state index is 0. The molecule has 0 atom stereocenters. The van der Waals surface area contributed by atoms with Gasteiger partial charge in [0.1, 0.15) is 5.15 Å². The van der Waals surface area contributed by atoms with Crippen LogP contribution in [0.2, 0.25) is 10.2 Å². The zero-order valence-electron chi connectivity index (χ0n) is 12.4. The molecule has 0 radical (unpaired) electrons. The fourth-order valence-corrected chi connectivity index (χ4v) is 2.35. The van der Waals surface area contributed by atoms with Crippen LogP contribution in [0, 0.1) is 0 Å². The van der Waals surface area contributed by atoms with Crippen LogP contribution < -0.4 is 10.6 Å². The largest absolute Gasteiger partial charge is 0.352 e. The summed E-state index contributed by atoms with van der Waals surface area (Å²) in [4.78, 5) is 4.20. The number of hydrogen-bond donors (Lipinski definition) is 2. The second-order valence-electron chi connectivity index (χ2n) is 4.60. The van der Waals surface area contributed by atoms with Crippen molar-refractivity contribution in [3.63, 3.8) is 0 Å². The van der Waals surface area contributed by atoms with Crippen molar-refractivity contribution in [3.05, 3.63) is 57.8 Å². The van der Waals surface area contributed by atoms with E-state index in [9.17, 15) is 0 Å². The Kier molecular flexibility index (Phi) is 8.06. The minimum absolute atomic E-state index is 0. The summed E-state index contributed by atoms with van der Waals surface area (Å²) in [6, 6.07) is 12.0. The Morgan fingerprint density at radius 1 is 1.14 bits per heavy atom. The van der Waals surface area contributed by atoms with Crippen LogP contribution in [0.1, 0.15) is 11.3 Å². The van der Waals surface area contributed by atoms with Crippen molar-refractivity contribution in [2.24, 2.45) is 12.0 Å². The molecule has 0 bridgehead atoms. The zero-order chi connectivity index (χ0) is 15.2. The highest BCUT2D eigenvalue weighted by Crippen LogP contribution is 2.24. The average molecular weight is 453 g/mol. The molecule has 0 aliphatic carbocycles. The maximum atomic E-state index is 6.05. The highest BCUT2D eigenvalue weighted by Gasteiger charge is 2.09. The lowest BCUT2D eigenvalue weighted by atomic mass is 10.2. The predicted molar refractivity (Wildman–Crippen MR) is 104 cm³/mol. The van der Waals surface area contributed by atoms with Gasteiger partial charge >= 0.3 is 0 Å². The van der Waals surface area contributed by atoms with E-state index in [4.69, 9.17) is 23.2 Å². The first kappa shape index (κ1) is 19.1. The SMILES string of the molecule is CN=C(NCc1ccccc1)NCc1cc(Cl)c(Cl)n1C.I. The molecule has 1 aromatic heterocycles. The molecular weight excluding hydrogens is 434 g/mol. The number of hydrogen-bond acceptors (Lipinski definition) is 1. The van der Waals surface area contributed by atoms with Crippen molar-refractivity contribution < 1.29 is 0 Å². The van der Waals surface area contributed by atoms with Crippen LogP contribution in [0.25, 0.3) is 0 Å². The summed E-state index contributed by atoms with van der Waals surface area (Å²) in [7, 11) is 3.62. The second-order valence-corrected chi connectivity index (χ2v) is 5.36. The maximum Gasteiger partial charge on any atom is 0.191 e. The van der Waals surface area contributed by atoms with Gasteiger partial charge < -0.3 is 15.2 Å². The third kappa shape index (κ3) is 5.07. The second kappa shape index (κ2) is 9.27. The molecule has 2 aromatic rings. The Morgan fingerprint density at radius 2 is 1.77 bits per heavy atom. The van der Waals surface area contributed by atoms with Gasteiger partial charge in [-0.15, -0.1) is 24.0 Å².